The molecule has 0 aromatic rings. The highest BCUT2D eigenvalue weighted by atomic mass is 16.1. The van der Waals surface area contributed by atoms with Gasteiger partial charge in [0.25, 0.3) is 0 Å². The summed E-state index contributed by atoms with van der Waals surface area (Å²) in [5.41, 5.74) is 0.441. The fourth-order valence-electron chi connectivity index (χ4n) is 2.00. The Hall–Kier alpha value is -0.550. The van der Waals surface area contributed by atoms with Crippen LogP contribution in [0.25, 0.3) is 0 Å². The summed E-state index contributed by atoms with van der Waals surface area (Å²) in [4.78, 5) is 10.1. The van der Waals surface area contributed by atoms with Crippen molar-refractivity contribution in [2.24, 2.45) is 11.3 Å². The van der Waals surface area contributed by atoms with Crippen molar-refractivity contribution in [1.82, 2.24) is 0 Å². The minimum absolute atomic E-state index is 0.441. The van der Waals surface area contributed by atoms with Gasteiger partial charge >= 0.3 is 0 Å². The summed E-state index contributed by atoms with van der Waals surface area (Å²) in [6, 6.07) is 0. The smallest absolute Gasteiger partial charge is 0.120 e. The van der Waals surface area contributed by atoms with Crippen molar-refractivity contribution >= 4 is 5.94 Å². The summed E-state index contributed by atoms with van der Waals surface area (Å²) < 4.78 is 0. The standard InChI is InChI=1S/C10H16O/c1-10(2)6-3-4-9(8-10)5-7-11/h5,9H,3-4,6,8H2,1-2H3. The number of rotatable bonds is 1. The quantitative estimate of drug-likeness (QED) is 0.528. The van der Waals surface area contributed by atoms with Crippen LogP contribution in [0.2, 0.25) is 0 Å². The Kier molecular flexibility index (Phi) is 2.51. The van der Waals surface area contributed by atoms with Crippen LogP contribution in [0.3, 0.4) is 0 Å². The first kappa shape index (κ1) is 8.55. The van der Waals surface area contributed by atoms with Crippen molar-refractivity contribution in [1.29, 1.82) is 0 Å². The number of hydrogen-bond donors (Lipinski definition) is 0. The average Bonchev–Trinajstić information content (AvgIpc) is 1.85. The molecule has 1 rings (SSSR count). The lowest BCUT2D eigenvalue weighted by Gasteiger charge is -2.33. The van der Waals surface area contributed by atoms with E-state index in [4.69, 9.17) is 0 Å². The maximum absolute atomic E-state index is 10.1. The van der Waals surface area contributed by atoms with Crippen LogP contribution in [-0.4, -0.2) is 5.94 Å². The van der Waals surface area contributed by atoms with Gasteiger partial charge < -0.3 is 0 Å². The van der Waals surface area contributed by atoms with Crippen LogP contribution >= 0.6 is 0 Å². The van der Waals surface area contributed by atoms with E-state index in [1.807, 2.05) is 5.94 Å². The molecule has 0 saturated heterocycles. The highest BCUT2D eigenvalue weighted by molar-refractivity contribution is 5.45. The SMILES string of the molecule is CC1(C)CCCC(C=C=O)C1. The van der Waals surface area contributed by atoms with Gasteiger partial charge in [-0.15, -0.1) is 0 Å². The van der Waals surface area contributed by atoms with E-state index in [0.29, 0.717) is 11.3 Å². The first-order chi connectivity index (χ1) is 5.14. The Bertz CT molecular complexity index is 175. The minimum atomic E-state index is 0.441. The van der Waals surface area contributed by atoms with Gasteiger partial charge in [-0.1, -0.05) is 20.3 Å². The van der Waals surface area contributed by atoms with Gasteiger partial charge in [0.2, 0.25) is 0 Å². The molecule has 0 bridgehead atoms. The summed E-state index contributed by atoms with van der Waals surface area (Å²) in [7, 11) is 0. The van der Waals surface area contributed by atoms with E-state index < -0.39 is 0 Å². The predicted molar refractivity (Wildman–Crippen MR) is 46.0 cm³/mol. The van der Waals surface area contributed by atoms with E-state index in [9.17, 15) is 4.79 Å². The van der Waals surface area contributed by atoms with E-state index in [1.165, 1.54) is 19.3 Å². The third kappa shape index (κ3) is 2.51. The van der Waals surface area contributed by atoms with Crippen molar-refractivity contribution in [2.45, 2.75) is 39.5 Å². The van der Waals surface area contributed by atoms with E-state index in [-0.39, 0.29) is 0 Å². The van der Waals surface area contributed by atoms with E-state index in [0.717, 1.165) is 6.42 Å². The Morgan fingerprint density at radius 1 is 1.55 bits per heavy atom. The van der Waals surface area contributed by atoms with Gasteiger partial charge in [0.05, 0.1) is 0 Å². The summed E-state index contributed by atoms with van der Waals surface area (Å²) in [5, 5.41) is 0. The fraction of sp³-hybridized carbons (Fsp3) is 0.800. The molecule has 1 atom stereocenters. The maximum atomic E-state index is 10.1. The molecule has 1 saturated carbocycles. The molecule has 0 spiro atoms. The number of hydrogen-bond acceptors (Lipinski definition) is 1. The zero-order chi connectivity index (χ0) is 8.32. The molecular weight excluding hydrogens is 136 g/mol. The van der Waals surface area contributed by atoms with E-state index in [1.54, 1.807) is 6.08 Å². The van der Waals surface area contributed by atoms with Crippen molar-refractivity contribution in [3.63, 3.8) is 0 Å². The molecule has 1 fully saturated rings. The van der Waals surface area contributed by atoms with Crippen LogP contribution in [0.1, 0.15) is 39.5 Å². The molecule has 0 aromatic heterocycles. The Balaban J connectivity index is 2.52. The van der Waals surface area contributed by atoms with Crippen molar-refractivity contribution in [2.75, 3.05) is 0 Å². The maximum Gasteiger partial charge on any atom is 0.120 e. The molecule has 0 radical (unpaired) electrons. The van der Waals surface area contributed by atoms with E-state index >= 15 is 0 Å². The number of allylic oxidation sites excluding steroid dienone is 1. The Morgan fingerprint density at radius 3 is 2.82 bits per heavy atom. The first-order valence-corrected chi connectivity index (χ1v) is 4.35. The van der Waals surface area contributed by atoms with Crippen LogP contribution in [0.4, 0.5) is 0 Å². The molecule has 1 nitrogen and oxygen atoms in total. The second-order valence-corrected chi connectivity index (χ2v) is 4.31. The lowest BCUT2D eigenvalue weighted by Crippen LogP contribution is -2.21. The predicted octanol–water partition coefficient (Wildman–Crippen LogP) is 2.59. The van der Waals surface area contributed by atoms with Gasteiger partial charge in [0, 0.05) is 6.08 Å². The topological polar surface area (TPSA) is 17.1 Å². The first-order valence-electron chi connectivity index (χ1n) is 4.35. The zero-order valence-electron chi connectivity index (χ0n) is 7.39. The monoisotopic (exact) mass is 152 g/mol. The molecule has 0 aliphatic heterocycles. The molecule has 1 aliphatic carbocycles. The molecule has 1 aliphatic rings. The van der Waals surface area contributed by atoms with Crippen molar-refractivity contribution in [3.05, 3.63) is 6.08 Å². The van der Waals surface area contributed by atoms with Gasteiger partial charge in [0.15, 0.2) is 0 Å². The van der Waals surface area contributed by atoms with Gasteiger partial charge in [-0.2, -0.15) is 0 Å². The average molecular weight is 152 g/mol. The van der Waals surface area contributed by atoms with Crippen LogP contribution in [0.5, 0.6) is 0 Å². The highest BCUT2D eigenvalue weighted by Gasteiger charge is 2.26. The molecular formula is C10H16O. The Morgan fingerprint density at radius 2 is 2.27 bits per heavy atom. The third-order valence-electron chi connectivity index (χ3n) is 2.55. The van der Waals surface area contributed by atoms with Crippen LogP contribution in [0, 0.1) is 11.3 Å². The summed E-state index contributed by atoms with van der Waals surface area (Å²) in [6.45, 7) is 4.55. The molecule has 11 heavy (non-hydrogen) atoms. The lowest BCUT2D eigenvalue weighted by molar-refractivity contribution is 0.207. The highest BCUT2D eigenvalue weighted by Crippen LogP contribution is 2.38. The van der Waals surface area contributed by atoms with Crippen LogP contribution in [-0.2, 0) is 4.79 Å². The van der Waals surface area contributed by atoms with Crippen LogP contribution in [0.15, 0.2) is 6.08 Å². The zero-order valence-corrected chi connectivity index (χ0v) is 7.39. The largest absolute Gasteiger partial charge is 0.234 e. The second kappa shape index (κ2) is 3.23. The lowest BCUT2D eigenvalue weighted by atomic mass is 9.72. The molecule has 0 N–H and O–H groups in total. The van der Waals surface area contributed by atoms with Gasteiger partial charge in [-0.05, 0) is 30.6 Å². The minimum Gasteiger partial charge on any atom is -0.234 e. The van der Waals surface area contributed by atoms with Gasteiger partial charge in [-0.3, -0.25) is 0 Å². The third-order valence-corrected chi connectivity index (χ3v) is 2.55. The van der Waals surface area contributed by atoms with E-state index in [2.05, 4.69) is 13.8 Å². The number of carbonyl (C=O) groups excluding carboxylic acids is 1. The molecule has 1 unspecified atom stereocenters. The summed E-state index contributed by atoms with van der Waals surface area (Å²) in [5.74, 6) is 2.40. The van der Waals surface area contributed by atoms with Crippen LogP contribution < -0.4 is 0 Å². The van der Waals surface area contributed by atoms with Crippen molar-refractivity contribution < 1.29 is 4.79 Å². The summed E-state index contributed by atoms with van der Waals surface area (Å²) in [6.07, 6.45) is 6.59. The normalized spacial score (nSPS) is 29.1. The molecule has 62 valence electrons. The van der Waals surface area contributed by atoms with Gasteiger partial charge in [0.1, 0.15) is 5.94 Å². The molecule has 0 heterocycles. The molecule has 0 aromatic carbocycles. The Labute approximate surface area is 68.5 Å². The second-order valence-electron chi connectivity index (χ2n) is 4.31. The van der Waals surface area contributed by atoms with Gasteiger partial charge in [-0.25, -0.2) is 4.79 Å². The fourth-order valence-corrected chi connectivity index (χ4v) is 2.00. The molecule has 1 heteroatoms. The van der Waals surface area contributed by atoms with Crippen molar-refractivity contribution in [3.8, 4) is 0 Å². The summed E-state index contributed by atoms with van der Waals surface area (Å²) >= 11 is 0. The molecule has 0 amide bonds.